The van der Waals surface area contributed by atoms with Crippen molar-refractivity contribution in [2.45, 2.75) is 31.7 Å². The molecule has 4 nitrogen and oxygen atoms in total. The van der Waals surface area contributed by atoms with Crippen molar-refractivity contribution in [2.24, 2.45) is 0 Å². The standard InChI is InChI=1S/C19H23NO3/c1-19(2,13-21)20-18(23)17(15-6-4-3-5-7-15)12-14-8-10-16(22)11-9-14/h3-11,17,21-22H,12-13H2,1-2H3,(H,20,23). The van der Waals surface area contributed by atoms with Crippen molar-refractivity contribution < 1.29 is 15.0 Å². The molecule has 0 heterocycles. The van der Waals surface area contributed by atoms with Gasteiger partial charge in [0.2, 0.25) is 5.91 Å². The van der Waals surface area contributed by atoms with Crippen LogP contribution in [0.15, 0.2) is 54.6 Å². The maximum absolute atomic E-state index is 12.7. The van der Waals surface area contributed by atoms with Gasteiger partial charge in [-0.05, 0) is 43.5 Å². The third kappa shape index (κ3) is 4.83. The van der Waals surface area contributed by atoms with E-state index < -0.39 is 5.54 Å². The summed E-state index contributed by atoms with van der Waals surface area (Å²) in [6.45, 7) is 3.44. The zero-order valence-electron chi connectivity index (χ0n) is 13.5. The molecule has 1 unspecified atom stereocenters. The van der Waals surface area contributed by atoms with E-state index in [-0.39, 0.29) is 24.2 Å². The Hall–Kier alpha value is -2.33. The van der Waals surface area contributed by atoms with Crippen molar-refractivity contribution in [3.05, 3.63) is 65.7 Å². The smallest absolute Gasteiger partial charge is 0.228 e. The van der Waals surface area contributed by atoms with Gasteiger partial charge in [-0.3, -0.25) is 4.79 Å². The Bertz CT molecular complexity index is 635. The Labute approximate surface area is 136 Å². The van der Waals surface area contributed by atoms with E-state index in [1.165, 1.54) is 0 Å². The van der Waals surface area contributed by atoms with Gasteiger partial charge in [0.15, 0.2) is 0 Å². The molecule has 0 bridgehead atoms. The van der Waals surface area contributed by atoms with E-state index in [1.54, 1.807) is 26.0 Å². The molecule has 2 rings (SSSR count). The number of benzene rings is 2. The molecule has 0 fully saturated rings. The number of phenols is 1. The number of hydrogen-bond donors (Lipinski definition) is 3. The molecule has 2 aromatic carbocycles. The fourth-order valence-electron chi connectivity index (χ4n) is 2.38. The van der Waals surface area contributed by atoms with Crippen molar-refractivity contribution in [1.82, 2.24) is 5.32 Å². The number of aliphatic hydroxyl groups is 1. The average molecular weight is 313 g/mol. The van der Waals surface area contributed by atoms with Gasteiger partial charge in [0, 0.05) is 0 Å². The lowest BCUT2D eigenvalue weighted by molar-refractivity contribution is -0.124. The Balaban J connectivity index is 2.25. The van der Waals surface area contributed by atoms with E-state index in [0.29, 0.717) is 6.42 Å². The summed E-state index contributed by atoms with van der Waals surface area (Å²) in [7, 11) is 0. The van der Waals surface area contributed by atoms with Gasteiger partial charge >= 0.3 is 0 Å². The van der Waals surface area contributed by atoms with E-state index >= 15 is 0 Å². The van der Waals surface area contributed by atoms with Crippen LogP contribution in [0.5, 0.6) is 5.75 Å². The molecule has 0 aliphatic heterocycles. The summed E-state index contributed by atoms with van der Waals surface area (Å²) in [5, 5.41) is 21.7. The lowest BCUT2D eigenvalue weighted by Crippen LogP contribution is -2.48. The van der Waals surface area contributed by atoms with Crippen molar-refractivity contribution in [3.8, 4) is 5.75 Å². The number of carbonyl (C=O) groups excluding carboxylic acids is 1. The number of nitrogens with one attached hydrogen (secondary N) is 1. The minimum atomic E-state index is -0.668. The van der Waals surface area contributed by atoms with Crippen LogP contribution >= 0.6 is 0 Å². The summed E-state index contributed by atoms with van der Waals surface area (Å²) < 4.78 is 0. The maximum atomic E-state index is 12.7. The van der Waals surface area contributed by atoms with Gasteiger partial charge in [0.1, 0.15) is 5.75 Å². The van der Waals surface area contributed by atoms with Crippen LogP contribution in [0.4, 0.5) is 0 Å². The van der Waals surface area contributed by atoms with Gasteiger partial charge in [0.05, 0.1) is 18.1 Å². The third-order valence-electron chi connectivity index (χ3n) is 3.75. The molecule has 23 heavy (non-hydrogen) atoms. The van der Waals surface area contributed by atoms with Crippen LogP contribution in [0.3, 0.4) is 0 Å². The van der Waals surface area contributed by atoms with Crippen LogP contribution in [-0.2, 0) is 11.2 Å². The lowest BCUT2D eigenvalue weighted by Gasteiger charge is -2.27. The topological polar surface area (TPSA) is 69.6 Å². The highest BCUT2D eigenvalue weighted by Crippen LogP contribution is 2.23. The Morgan fingerprint density at radius 3 is 2.26 bits per heavy atom. The largest absolute Gasteiger partial charge is 0.508 e. The highest BCUT2D eigenvalue weighted by Gasteiger charge is 2.26. The first-order chi connectivity index (χ1) is 10.9. The molecule has 0 saturated heterocycles. The molecule has 4 heteroatoms. The summed E-state index contributed by atoms with van der Waals surface area (Å²) >= 11 is 0. The van der Waals surface area contributed by atoms with Crippen LogP contribution < -0.4 is 5.32 Å². The SMILES string of the molecule is CC(C)(CO)NC(=O)C(Cc1ccc(O)cc1)c1ccccc1. The Morgan fingerprint density at radius 2 is 1.70 bits per heavy atom. The van der Waals surface area contributed by atoms with Gasteiger partial charge in [-0.15, -0.1) is 0 Å². The number of amides is 1. The molecule has 2 aromatic rings. The number of aromatic hydroxyl groups is 1. The Kier molecular flexibility index (Phi) is 5.40. The van der Waals surface area contributed by atoms with E-state index in [0.717, 1.165) is 11.1 Å². The molecule has 0 radical (unpaired) electrons. The second-order valence-corrected chi connectivity index (χ2v) is 6.37. The number of rotatable bonds is 6. The third-order valence-corrected chi connectivity index (χ3v) is 3.75. The first-order valence-electron chi connectivity index (χ1n) is 7.67. The lowest BCUT2D eigenvalue weighted by atomic mass is 9.90. The quantitative estimate of drug-likeness (QED) is 0.768. The van der Waals surface area contributed by atoms with Crippen LogP contribution in [0.2, 0.25) is 0 Å². The second-order valence-electron chi connectivity index (χ2n) is 6.37. The number of phenolic OH excluding ortho intramolecular Hbond substituents is 1. The monoisotopic (exact) mass is 313 g/mol. The zero-order chi connectivity index (χ0) is 16.9. The van der Waals surface area contributed by atoms with E-state index in [9.17, 15) is 15.0 Å². The minimum absolute atomic E-state index is 0.122. The molecule has 0 aliphatic rings. The number of carbonyl (C=O) groups is 1. The second kappa shape index (κ2) is 7.29. The molecule has 0 aliphatic carbocycles. The fourth-order valence-corrected chi connectivity index (χ4v) is 2.38. The van der Waals surface area contributed by atoms with E-state index in [4.69, 9.17) is 0 Å². The normalized spacial score (nSPS) is 12.7. The molecule has 0 spiro atoms. The summed E-state index contributed by atoms with van der Waals surface area (Å²) in [6, 6.07) is 16.4. The van der Waals surface area contributed by atoms with Gasteiger partial charge in [-0.1, -0.05) is 42.5 Å². The number of hydrogen-bond acceptors (Lipinski definition) is 3. The summed E-state index contributed by atoms with van der Waals surface area (Å²) in [5.41, 5.74) is 1.22. The van der Waals surface area contributed by atoms with E-state index in [1.807, 2.05) is 42.5 Å². The molecular weight excluding hydrogens is 290 g/mol. The van der Waals surface area contributed by atoms with Crippen LogP contribution in [0.25, 0.3) is 0 Å². The first-order valence-corrected chi connectivity index (χ1v) is 7.67. The maximum Gasteiger partial charge on any atom is 0.228 e. The molecule has 0 aromatic heterocycles. The van der Waals surface area contributed by atoms with Crippen molar-refractivity contribution in [1.29, 1.82) is 0 Å². The van der Waals surface area contributed by atoms with Crippen molar-refractivity contribution in [2.75, 3.05) is 6.61 Å². The minimum Gasteiger partial charge on any atom is -0.508 e. The fraction of sp³-hybridized carbons (Fsp3) is 0.316. The first kappa shape index (κ1) is 17.0. The van der Waals surface area contributed by atoms with Gasteiger partial charge < -0.3 is 15.5 Å². The molecule has 1 atom stereocenters. The van der Waals surface area contributed by atoms with Crippen molar-refractivity contribution >= 4 is 5.91 Å². The highest BCUT2D eigenvalue weighted by molar-refractivity contribution is 5.84. The average Bonchev–Trinajstić information content (AvgIpc) is 2.54. The van der Waals surface area contributed by atoms with Crippen LogP contribution in [0.1, 0.15) is 30.9 Å². The molecule has 1 amide bonds. The molecule has 122 valence electrons. The summed E-state index contributed by atoms with van der Waals surface area (Å²) in [6.07, 6.45) is 0.525. The predicted molar refractivity (Wildman–Crippen MR) is 90.3 cm³/mol. The highest BCUT2D eigenvalue weighted by atomic mass is 16.3. The summed E-state index contributed by atoms with van der Waals surface area (Å²) in [5.74, 6) is -0.272. The summed E-state index contributed by atoms with van der Waals surface area (Å²) in [4.78, 5) is 12.7. The van der Waals surface area contributed by atoms with Gasteiger partial charge in [0.25, 0.3) is 0 Å². The van der Waals surface area contributed by atoms with Crippen LogP contribution in [-0.4, -0.2) is 28.3 Å². The number of aliphatic hydroxyl groups excluding tert-OH is 1. The molecule has 3 N–H and O–H groups in total. The Morgan fingerprint density at radius 1 is 1.09 bits per heavy atom. The van der Waals surface area contributed by atoms with Crippen molar-refractivity contribution in [3.63, 3.8) is 0 Å². The van der Waals surface area contributed by atoms with Gasteiger partial charge in [-0.25, -0.2) is 0 Å². The molecular formula is C19H23NO3. The zero-order valence-corrected chi connectivity index (χ0v) is 13.5. The molecule has 0 saturated carbocycles. The van der Waals surface area contributed by atoms with E-state index in [2.05, 4.69) is 5.32 Å². The predicted octanol–water partition coefficient (Wildman–Crippen LogP) is 2.61. The van der Waals surface area contributed by atoms with Crippen LogP contribution in [0, 0.1) is 0 Å². The van der Waals surface area contributed by atoms with Gasteiger partial charge in [-0.2, -0.15) is 0 Å².